The Balaban J connectivity index is 0.000000146. The molecular weight excluding hydrogens is 975 g/mol. The molecule has 244 valence electrons. The Kier molecular flexibility index (Phi) is 8.15. The van der Waals surface area contributed by atoms with E-state index in [0.717, 1.165) is 44.3 Å². The summed E-state index contributed by atoms with van der Waals surface area (Å²) in [5.74, 6) is 0. The van der Waals surface area contributed by atoms with Crippen LogP contribution in [0.1, 0.15) is 0 Å². The smallest absolute Gasteiger partial charge is 0.244 e. The molecule has 0 aliphatic heterocycles. The van der Waals surface area contributed by atoms with Gasteiger partial charge in [-0.2, -0.15) is 0 Å². The van der Waals surface area contributed by atoms with Gasteiger partial charge in [0.1, 0.15) is 0 Å². The third-order valence-electron chi connectivity index (χ3n) is 7.58. The van der Waals surface area contributed by atoms with Crippen molar-refractivity contribution in [3.63, 3.8) is 0 Å². The van der Waals surface area contributed by atoms with E-state index in [-0.39, 0.29) is 42.1 Å². The fourth-order valence-electron chi connectivity index (χ4n) is 5.38. The van der Waals surface area contributed by atoms with Crippen molar-refractivity contribution in [2.45, 2.75) is 0 Å². The molecule has 0 amide bonds. The van der Waals surface area contributed by atoms with Gasteiger partial charge in [-0.1, -0.05) is 35.6 Å². The number of furan rings is 4. The van der Waals surface area contributed by atoms with Crippen molar-refractivity contribution in [1.82, 2.24) is 28.2 Å². The number of aryl methyl sites for hydroxylation is 2. The quantitative estimate of drug-likeness (QED) is 0.186. The van der Waals surface area contributed by atoms with Gasteiger partial charge in [-0.3, -0.25) is 0 Å². The average molecular weight is 995 g/mol. The van der Waals surface area contributed by atoms with Crippen LogP contribution in [0, 0.1) is 37.4 Å². The Morgan fingerprint density at radius 1 is 0.521 bits per heavy atom. The van der Waals surface area contributed by atoms with Gasteiger partial charge in [0, 0.05) is 90.9 Å². The van der Waals surface area contributed by atoms with Crippen LogP contribution in [0.4, 0.5) is 0 Å². The maximum Gasteiger partial charge on any atom is 0.244 e. The second-order valence-electron chi connectivity index (χ2n) is 10.5. The monoisotopic (exact) mass is 994 g/mol. The van der Waals surface area contributed by atoms with Crippen LogP contribution in [-0.2, 0) is 56.2 Å². The SMILES string of the molecule is C[n+]1[c-]n(-c2coc3cc4occ(-n5[c-]ncc5)c4[c-]c23)cc1.C[n+]1[c-]n(-c2coc3cc4occ(-n5[c-]ncc5)c4[c-]c23)cc1.[Pt].[Pt]. The first kappa shape index (κ1) is 31.4. The average Bonchev–Trinajstić information content (AvgIpc) is 3.89. The molecule has 0 fully saturated rings. The molecule has 0 unspecified atom stereocenters. The molecule has 0 saturated heterocycles. The summed E-state index contributed by atoms with van der Waals surface area (Å²) in [5, 5.41) is 3.44. The van der Waals surface area contributed by atoms with Crippen molar-refractivity contribution in [3.05, 3.63) is 124 Å². The topological polar surface area (TPSA) is 106 Å². The molecule has 10 aromatic rings. The van der Waals surface area contributed by atoms with Crippen molar-refractivity contribution in [2.75, 3.05) is 0 Å². The zero-order chi connectivity index (χ0) is 30.8. The van der Waals surface area contributed by atoms with Crippen LogP contribution in [0.15, 0.2) is 104 Å². The van der Waals surface area contributed by atoms with Crippen LogP contribution >= 0.6 is 0 Å². The van der Waals surface area contributed by atoms with Gasteiger partial charge in [0.15, 0.2) is 0 Å². The molecule has 8 aromatic heterocycles. The van der Waals surface area contributed by atoms with Crippen LogP contribution in [0.5, 0.6) is 0 Å². The first-order valence-corrected chi connectivity index (χ1v) is 14.0. The molecule has 0 atom stereocenters. The number of hydrogen-bond acceptors (Lipinski definition) is 6. The zero-order valence-corrected chi connectivity index (χ0v) is 29.5. The predicted molar refractivity (Wildman–Crippen MR) is 160 cm³/mol. The van der Waals surface area contributed by atoms with Crippen molar-refractivity contribution in [1.29, 1.82) is 0 Å². The number of fused-ring (bicyclic) bond motifs is 4. The molecular formula is C34H20N8O4Pt2-4. The van der Waals surface area contributed by atoms with Gasteiger partial charge in [0.25, 0.3) is 0 Å². The van der Waals surface area contributed by atoms with Gasteiger partial charge in [-0.05, 0) is 22.9 Å². The van der Waals surface area contributed by atoms with E-state index in [0.29, 0.717) is 22.3 Å². The third kappa shape index (κ3) is 5.27. The number of nitrogens with zero attached hydrogens (tertiary/aromatic N) is 8. The van der Waals surface area contributed by atoms with Gasteiger partial charge in [0.05, 0.1) is 72.9 Å². The zero-order valence-electron chi connectivity index (χ0n) is 24.9. The Hall–Kier alpha value is -5.18. The molecule has 14 heteroatoms. The second kappa shape index (κ2) is 12.4. The molecule has 0 aliphatic rings. The summed E-state index contributed by atoms with van der Waals surface area (Å²) in [6, 6.07) is 10.5. The molecule has 2 aromatic carbocycles. The molecule has 48 heavy (non-hydrogen) atoms. The van der Waals surface area contributed by atoms with E-state index in [1.54, 1.807) is 46.6 Å². The number of benzene rings is 2. The fraction of sp³-hybridized carbons (Fsp3) is 0.0588. The maximum atomic E-state index is 5.65. The number of hydrogen-bond donors (Lipinski definition) is 0. The van der Waals surface area contributed by atoms with Gasteiger partial charge >= 0.3 is 0 Å². The van der Waals surface area contributed by atoms with Crippen LogP contribution in [-0.4, -0.2) is 28.2 Å². The first-order chi connectivity index (χ1) is 22.6. The largest absolute Gasteiger partial charge is 0.505 e. The summed E-state index contributed by atoms with van der Waals surface area (Å²) in [4.78, 5) is 7.91. The maximum absolute atomic E-state index is 5.65. The minimum atomic E-state index is 0. The summed E-state index contributed by atoms with van der Waals surface area (Å²) < 4.78 is 33.5. The first-order valence-electron chi connectivity index (χ1n) is 14.0. The van der Waals surface area contributed by atoms with Gasteiger partial charge < -0.3 is 55.0 Å². The van der Waals surface area contributed by atoms with E-state index < -0.39 is 0 Å². The van der Waals surface area contributed by atoms with Crippen molar-refractivity contribution in [3.8, 4) is 22.7 Å². The molecule has 10 rings (SSSR count). The van der Waals surface area contributed by atoms with Crippen LogP contribution < -0.4 is 9.13 Å². The van der Waals surface area contributed by atoms with Gasteiger partial charge in [-0.15, -0.1) is 12.1 Å². The Morgan fingerprint density at radius 2 is 0.875 bits per heavy atom. The normalized spacial score (nSPS) is 11.2. The standard InChI is InChI=1S/2C17H10N4O2.2Pt/c2*1-19-4-5-21(11-19)15-9-23-17-7-16-12(6-13(15)17)14(8-22-16)20-3-2-18-10-20;;/h2*2-5,7-9H,1H3;;/q2*-2;;. The van der Waals surface area contributed by atoms with Crippen LogP contribution in [0.2, 0.25) is 0 Å². The molecule has 0 spiro atoms. The summed E-state index contributed by atoms with van der Waals surface area (Å²) in [5.41, 5.74) is 6.28. The van der Waals surface area contributed by atoms with E-state index in [2.05, 4.69) is 47.4 Å². The molecule has 8 heterocycles. The second-order valence-corrected chi connectivity index (χ2v) is 10.5. The molecule has 0 bridgehead atoms. The number of imidazole rings is 4. The Labute approximate surface area is 300 Å². The van der Waals surface area contributed by atoms with Gasteiger partial charge in [0.2, 0.25) is 12.7 Å². The van der Waals surface area contributed by atoms with Crippen molar-refractivity contribution < 1.29 is 68.9 Å². The number of aromatic nitrogens is 8. The molecule has 12 nitrogen and oxygen atoms in total. The third-order valence-corrected chi connectivity index (χ3v) is 7.58. The van der Waals surface area contributed by atoms with E-state index in [1.165, 1.54) is 0 Å². The molecule has 0 aliphatic carbocycles. The Bertz CT molecular complexity index is 2450. The van der Waals surface area contributed by atoms with Crippen molar-refractivity contribution in [2.24, 2.45) is 14.1 Å². The molecule has 0 N–H and O–H groups in total. The number of rotatable bonds is 4. The van der Waals surface area contributed by atoms with E-state index in [1.807, 2.05) is 81.7 Å². The summed E-state index contributed by atoms with van der Waals surface area (Å²) in [7, 11) is 3.84. The van der Waals surface area contributed by atoms with Crippen LogP contribution in [0.3, 0.4) is 0 Å². The van der Waals surface area contributed by atoms with E-state index in [9.17, 15) is 0 Å². The minimum absolute atomic E-state index is 0. The van der Waals surface area contributed by atoms with Crippen LogP contribution in [0.25, 0.3) is 66.6 Å². The fourth-order valence-corrected chi connectivity index (χ4v) is 5.38. The van der Waals surface area contributed by atoms with Crippen molar-refractivity contribution >= 4 is 43.9 Å². The summed E-state index contributed by atoms with van der Waals surface area (Å²) in [6.07, 6.45) is 33.5. The van der Waals surface area contributed by atoms with E-state index in [4.69, 9.17) is 17.7 Å². The molecule has 0 radical (unpaired) electrons. The minimum Gasteiger partial charge on any atom is -0.505 e. The predicted octanol–water partition coefficient (Wildman–Crippen LogP) is 4.76. The summed E-state index contributed by atoms with van der Waals surface area (Å²) >= 11 is 0. The van der Waals surface area contributed by atoms with Gasteiger partial charge in [-0.25, -0.2) is 0 Å². The Morgan fingerprint density at radius 3 is 1.17 bits per heavy atom. The van der Waals surface area contributed by atoms with E-state index >= 15 is 0 Å². The molecule has 0 saturated carbocycles. The summed E-state index contributed by atoms with van der Waals surface area (Å²) in [6.45, 7) is 0.